The highest BCUT2D eigenvalue weighted by molar-refractivity contribution is 5.72. The molecule has 0 saturated carbocycles. The van der Waals surface area contributed by atoms with E-state index < -0.39 is 0 Å². The first kappa shape index (κ1) is 13.1. The van der Waals surface area contributed by atoms with Gasteiger partial charge in [-0.15, -0.1) is 0 Å². The van der Waals surface area contributed by atoms with Gasteiger partial charge in [-0.25, -0.2) is 0 Å². The molecule has 1 atom stereocenters. The summed E-state index contributed by atoms with van der Waals surface area (Å²) in [5.41, 5.74) is 8.58. The van der Waals surface area contributed by atoms with Gasteiger partial charge in [0, 0.05) is 0 Å². The minimum absolute atomic E-state index is 0.673. The highest BCUT2D eigenvalue weighted by Crippen LogP contribution is 2.37. The lowest BCUT2D eigenvalue weighted by Gasteiger charge is -2.27. The van der Waals surface area contributed by atoms with Crippen molar-refractivity contribution in [3.8, 4) is 0 Å². The first-order valence-corrected chi connectivity index (χ1v) is 6.98. The topological polar surface area (TPSA) is 0 Å². The SMILES string of the molecule is C=Cc1c(C=C(C)C)c(C)cc2c1C(C)CCC2. The molecule has 0 amide bonds. The second kappa shape index (κ2) is 5.14. The zero-order chi connectivity index (χ0) is 13.3. The molecule has 18 heavy (non-hydrogen) atoms. The van der Waals surface area contributed by atoms with Crippen LogP contribution >= 0.6 is 0 Å². The second-order valence-corrected chi connectivity index (χ2v) is 5.81. The van der Waals surface area contributed by atoms with Gasteiger partial charge >= 0.3 is 0 Å². The molecule has 0 nitrogen and oxygen atoms in total. The van der Waals surface area contributed by atoms with E-state index in [0.29, 0.717) is 5.92 Å². The average molecular weight is 240 g/mol. The van der Waals surface area contributed by atoms with Crippen LogP contribution in [0.2, 0.25) is 0 Å². The molecular weight excluding hydrogens is 216 g/mol. The maximum Gasteiger partial charge on any atom is -0.0150 e. The van der Waals surface area contributed by atoms with E-state index in [4.69, 9.17) is 0 Å². The molecule has 96 valence electrons. The monoisotopic (exact) mass is 240 g/mol. The number of rotatable bonds is 2. The Bertz CT molecular complexity index is 499. The van der Waals surface area contributed by atoms with Crippen LogP contribution in [0, 0.1) is 6.92 Å². The number of fused-ring (bicyclic) bond motifs is 1. The van der Waals surface area contributed by atoms with Gasteiger partial charge in [0.05, 0.1) is 0 Å². The van der Waals surface area contributed by atoms with Gasteiger partial charge in [0.15, 0.2) is 0 Å². The van der Waals surface area contributed by atoms with Crippen LogP contribution in [0.1, 0.15) is 67.3 Å². The lowest BCUT2D eigenvalue weighted by molar-refractivity contribution is 0.589. The third kappa shape index (κ3) is 2.29. The minimum Gasteiger partial charge on any atom is -0.0984 e. The van der Waals surface area contributed by atoms with Gasteiger partial charge < -0.3 is 0 Å². The Balaban J connectivity index is 2.72. The number of hydrogen-bond acceptors (Lipinski definition) is 0. The van der Waals surface area contributed by atoms with Crippen molar-refractivity contribution >= 4 is 12.2 Å². The second-order valence-electron chi connectivity index (χ2n) is 5.81. The van der Waals surface area contributed by atoms with Crippen molar-refractivity contribution in [2.24, 2.45) is 0 Å². The van der Waals surface area contributed by atoms with Gasteiger partial charge in [-0.3, -0.25) is 0 Å². The Morgan fingerprint density at radius 3 is 2.67 bits per heavy atom. The normalized spacial score (nSPS) is 18.1. The molecule has 1 aromatic carbocycles. The summed E-state index contributed by atoms with van der Waals surface area (Å²) >= 11 is 0. The third-order valence-electron chi connectivity index (χ3n) is 3.96. The lowest BCUT2D eigenvalue weighted by atomic mass is 9.78. The Morgan fingerprint density at radius 2 is 2.06 bits per heavy atom. The van der Waals surface area contributed by atoms with E-state index in [0.717, 1.165) is 0 Å². The molecule has 0 heterocycles. The Hall–Kier alpha value is -1.30. The summed E-state index contributed by atoms with van der Waals surface area (Å²) in [4.78, 5) is 0. The third-order valence-corrected chi connectivity index (χ3v) is 3.96. The fourth-order valence-electron chi connectivity index (χ4n) is 3.18. The molecule has 2 rings (SSSR count). The van der Waals surface area contributed by atoms with Crippen molar-refractivity contribution in [2.45, 2.75) is 52.9 Å². The summed E-state index contributed by atoms with van der Waals surface area (Å²) < 4.78 is 0. The standard InChI is InChI=1S/C18H24/c1-6-16-17(10-12(2)3)14(5)11-15-9-7-8-13(4)18(15)16/h6,10-11,13H,1,7-9H2,2-5H3. The molecule has 0 saturated heterocycles. The predicted octanol–water partition coefficient (Wildman–Crippen LogP) is 5.50. The Morgan fingerprint density at radius 1 is 1.33 bits per heavy atom. The molecule has 0 fully saturated rings. The zero-order valence-electron chi connectivity index (χ0n) is 12.1. The Kier molecular flexibility index (Phi) is 3.75. The minimum atomic E-state index is 0.673. The van der Waals surface area contributed by atoms with Crippen molar-refractivity contribution < 1.29 is 0 Å². The fraction of sp³-hybridized carbons (Fsp3) is 0.444. The summed E-state index contributed by atoms with van der Waals surface area (Å²) in [6.07, 6.45) is 8.23. The molecule has 1 unspecified atom stereocenters. The molecule has 0 N–H and O–H groups in total. The predicted molar refractivity (Wildman–Crippen MR) is 81.9 cm³/mol. The van der Waals surface area contributed by atoms with Crippen LogP contribution in [-0.2, 0) is 6.42 Å². The van der Waals surface area contributed by atoms with Crippen molar-refractivity contribution in [1.29, 1.82) is 0 Å². The summed E-state index contributed by atoms with van der Waals surface area (Å²) in [5, 5.41) is 0. The fourth-order valence-corrected chi connectivity index (χ4v) is 3.18. The molecule has 0 aromatic heterocycles. The van der Waals surface area contributed by atoms with Gasteiger partial charge in [-0.05, 0) is 73.8 Å². The molecule has 0 radical (unpaired) electrons. The molecular formula is C18H24. The highest BCUT2D eigenvalue weighted by Gasteiger charge is 2.21. The molecule has 1 aromatic rings. The van der Waals surface area contributed by atoms with Crippen molar-refractivity contribution in [2.75, 3.05) is 0 Å². The van der Waals surface area contributed by atoms with E-state index in [1.807, 2.05) is 0 Å². The first-order valence-electron chi connectivity index (χ1n) is 6.98. The molecule has 0 aliphatic heterocycles. The maximum absolute atomic E-state index is 4.05. The van der Waals surface area contributed by atoms with Gasteiger partial charge in [-0.1, -0.05) is 37.3 Å². The van der Waals surface area contributed by atoms with Crippen LogP contribution < -0.4 is 0 Å². The highest BCUT2D eigenvalue weighted by atomic mass is 14.3. The summed E-state index contributed by atoms with van der Waals surface area (Å²) in [6.45, 7) is 13.0. The molecule has 1 aliphatic carbocycles. The van der Waals surface area contributed by atoms with E-state index in [2.05, 4.69) is 52.5 Å². The van der Waals surface area contributed by atoms with Gasteiger partial charge in [0.1, 0.15) is 0 Å². The molecule has 0 spiro atoms. The van der Waals surface area contributed by atoms with Crippen LogP contribution in [0.5, 0.6) is 0 Å². The number of benzene rings is 1. The lowest BCUT2D eigenvalue weighted by Crippen LogP contribution is -2.11. The summed E-state index contributed by atoms with van der Waals surface area (Å²) in [6, 6.07) is 2.40. The van der Waals surface area contributed by atoms with Gasteiger partial charge in [0.2, 0.25) is 0 Å². The number of allylic oxidation sites excluding steroid dienone is 1. The average Bonchev–Trinajstić information content (AvgIpc) is 2.30. The van der Waals surface area contributed by atoms with Gasteiger partial charge in [-0.2, -0.15) is 0 Å². The van der Waals surface area contributed by atoms with Crippen LogP contribution in [0.15, 0.2) is 18.2 Å². The smallest absolute Gasteiger partial charge is 0.0150 e. The van der Waals surface area contributed by atoms with Crippen LogP contribution in [0.3, 0.4) is 0 Å². The number of aryl methyl sites for hydroxylation is 2. The Labute approximate surface area is 111 Å². The van der Waals surface area contributed by atoms with E-state index in [9.17, 15) is 0 Å². The summed E-state index contributed by atoms with van der Waals surface area (Å²) in [5.74, 6) is 0.673. The quantitative estimate of drug-likeness (QED) is 0.640. The molecule has 1 aliphatic rings. The van der Waals surface area contributed by atoms with Crippen molar-refractivity contribution in [3.63, 3.8) is 0 Å². The van der Waals surface area contributed by atoms with Gasteiger partial charge in [0.25, 0.3) is 0 Å². The van der Waals surface area contributed by atoms with Crippen molar-refractivity contribution in [1.82, 2.24) is 0 Å². The van der Waals surface area contributed by atoms with Crippen LogP contribution in [-0.4, -0.2) is 0 Å². The zero-order valence-corrected chi connectivity index (χ0v) is 12.1. The number of hydrogen-bond donors (Lipinski definition) is 0. The largest absolute Gasteiger partial charge is 0.0984 e. The van der Waals surface area contributed by atoms with E-state index in [1.54, 1.807) is 11.1 Å². The molecule has 0 heteroatoms. The van der Waals surface area contributed by atoms with E-state index >= 15 is 0 Å². The van der Waals surface area contributed by atoms with E-state index in [1.165, 1.54) is 41.5 Å². The van der Waals surface area contributed by atoms with Crippen LogP contribution in [0.25, 0.3) is 12.2 Å². The maximum atomic E-state index is 4.05. The first-order chi connectivity index (χ1) is 8.54. The van der Waals surface area contributed by atoms with Crippen LogP contribution in [0.4, 0.5) is 0 Å². The van der Waals surface area contributed by atoms with Crippen molar-refractivity contribution in [3.05, 3.63) is 46.0 Å². The summed E-state index contributed by atoms with van der Waals surface area (Å²) in [7, 11) is 0. The van der Waals surface area contributed by atoms with E-state index in [-0.39, 0.29) is 0 Å². The molecule has 0 bridgehead atoms.